The van der Waals surface area contributed by atoms with Crippen LogP contribution in [0.2, 0.25) is 5.02 Å². The highest BCUT2D eigenvalue weighted by molar-refractivity contribution is 7.91. The third-order valence-electron chi connectivity index (χ3n) is 6.11. The van der Waals surface area contributed by atoms with Gasteiger partial charge in [0.25, 0.3) is 0 Å². The quantitative estimate of drug-likeness (QED) is 0.337. The van der Waals surface area contributed by atoms with Crippen molar-refractivity contribution in [3.63, 3.8) is 0 Å². The van der Waals surface area contributed by atoms with Gasteiger partial charge in [0.15, 0.2) is 9.84 Å². The van der Waals surface area contributed by atoms with E-state index in [9.17, 15) is 18.0 Å². The second-order valence-electron chi connectivity index (χ2n) is 8.80. The number of carbonyl (C=O) groups excluding carboxylic acids is 2. The maximum absolute atomic E-state index is 12.8. The van der Waals surface area contributed by atoms with Gasteiger partial charge in [0.05, 0.1) is 22.8 Å². The van der Waals surface area contributed by atoms with Crippen LogP contribution in [0.15, 0.2) is 59.5 Å². The fourth-order valence-corrected chi connectivity index (χ4v) is 7.04. The normalized spacial score (nSPS) is 13.7. The standard InChI is InChI=1S/C27H29ClN2O5S2/c1-2-35-27(32)25-22-14-15-30(17-19-7-4-3-5-8-19)18-23(22)36-26(25)29-24(31)9-6-16-37(33,34)21-12-10-20(28)11-13-21/h3-5,7-8,10-13H,2,6,9,14-18H2,1H3,(H,29,31). The van der Waals surface area contributed by atoms with Crippen molar-refractivity contribution in [3.05, 3.63) is 81.2 Å². The number of fused-ring (bicyclic) bond motifs is 1. The molecular formula is C27H29ClN2O5S2. The molecule has 37 heavy (non-hydrogen) atoms. The molecule has 1 N–H and O–H groups in total. The zero-order valence-electron chi connectivity index (χ0n) is 20.5. The van der Waals surface area contributed by atoms with E-state index in [1.165, 1.54) is 41.2 Å². The molecule has 0 bridgehead atoms. The average molecular weight is 561 g/mol. The van der Waals surface area contributed by atoms with Crippen LogP contribution in [0.4, 0.5) is 5.00 Å². The van der Waals surface area contributed by atoms with Crippen molar-refractivity contribution < 1.29 is 22.7 Å². The molecule has 0 saturated heterocycles. The van der Waals surface area contributed by atoms with E-state index in [0.29, 0.717) is 28.6 Å². The largest absolute Gasteiger partial charge is 0.462 e. The highest BCUT2D eigenvalue weighted by Gasteiger charge is 2.29. The van der Waals surface area contributed by atoms with Crippen LogP contribution in [-0.4, -0.2) is 44.1 Å². The predicted octanol–water partition coefficient (Wildman–Crippen LogP) is 5.33. The zero-order chi connectivity index (χ0) is 26.4. The first-order valence-electron chi connectivity index (χ1n) is 12.1. The van der Waals surface area contributed by atoms with Gasteiger partial charge in [-0.25, -0.2) is 13.2 Å². The highest BCUT2D eigenvalue weighted by atomic mass is 35.5. The van der Waals surface area contributed by atoms with E-state index in [4.69, 9.17) is 16.3 Å². The Balaban J connectivity index is 1.42. The number of nitrogens with zero attached hydrogens (tertiary/aromatic N) is 1. The molecule has 1 aliphatic rings. The van der Waals surface area contributed by atoms with Crippen molar-refractivity contribution in [3.8, 4) is 0 Å². The van der Waals surface area contributed by atoms with Crippen molar-refractivity contribution >= 4 is 49.7 Å². The van der Waals surface area contributed by atoms with Crippen molar-refractivity contribution in [1.82, 2.24) is 4.90 Å². The van der Waals surface area contributed by atoms with Gasteiger partial charge >= 0.3 is 5.97 Å². The monoisotopic (exact) mass is 560 g/mol. The van der Waals surface area contributed by atoms with Crippen molar-refractivity contribution in [2.75, 3.05) is 24.2 Å². The fraction of sp³-hybridized carbons (Fsp3) is 0.333. The number of anilines is 1. The first kappa shape index (κ1) is 27.3. The Hall–Kier alpha value is -2.72. The van der Waals surface area contributed by atoms with Crippen LogP contribution in [0, 0.1) is 0 Å². The maximum Gasteiger partial charge on any atom is 0.341 e. The van der Waals surface area contributed by atoms with Crippen LogP contribution in [0.3, 0.4) is 0 Å². The van der Waals surface area contributed by atoms with Gasteiger partial charge in [0, 0.05) is 36.0 Å². The number of rotatable bonds is 10. The summed E-state index contributed by atoms with van der Waals surface area (Å²) in [5.41, 5.74) is 2.56. The van der Waals surface area contributed by atoms with Crippen LogP contribution in [0.25, 0.3) is 0 Å². The molecule has 1 aliphatic heterocycles. The number of benzene rings is 2. The Labute approximate surface area is 226 Å². The topological polar surface area (TPSA) is 92.8 Å². The number of carbonyl (C=O) groups is 2. The minimum atomic E-state index is -3.52. The fourth-order valence-electron chi connectivity index (χ4n) is 4.31. The van der Waals surface area contributed by atoms with Gasteiger partial charge in [-0.15, -0.1) is 11.3 Å². The summed E-state index contributed by atoms with van der Waals surface area (Å²) >= 11 is 7.23. The molecule has 7 nitrogen and oxygen atoms in total. The van der Waals surface area contributed by atoms with Gasteiger partial charge in [-0.3, -0.25) is 9.69 Å². The second-order valence-corrected chi connectivity index (χ2v) is 12.4. The van der Waals surface area contributed by atoms with E-state index in [2.05, 4.69) is 22.3 Å². The number of thiophene rings is 1. The summed E-state index contributed by atoms with van der Waals surface area (Å²) in [6, 6.07) is 16.2. The molecule has 0 unspecified atom stereocenters. The lowest BCUT2D eigenvalue weighted by Gasteiger charge is -2.27. The molecule has 196 valence electrons. The van der Waals surface area contributed by atoms with Crippen LogP contribution in [0.1, 0.15) is 46.1 Å². The summed E-state index contributed by atoms with van der Waals surface area (Å²) in [7, 11) is -3.52. The molecule has 0 aliphatic carbocycles. The van der Waals surface area contributed by atoms with E-state index in [1.54, 1.807) is 6.92 Å². The highest BCUT2D eigenvalue weighted by Crippen LogP contribution is 2.38. The van der Waals surface area contributed by atoms with Gasteiger partial charge in [-0.1, -0.05) is 41.9 Å². The van der Waals surface area contributed by atoms with Gasteiger partial charge in [-0.2, -0.15) is 0 Å². The van der Waals surface area contributed by atoms with Crippen molar-refractivity contribution in [2.45, 2.75) is 44.2 Å². The van der Waals surface area contributed by atoms with Crippen LogP contribution in [-0.2, 0) is 38.9 Å². The number of esters is 1. The Morgan fingerprint density at radius 2 is 1.84 bits per heavy atom. The lowest BCUT2D eigenvalue weighted by Crippen LogP contribution is -2.29. The third-order valence-corrected chi connectivity index (χ3v) is 9.31. The number of ether oxygens (including phenoxy) is 1. The third kappa shape index (κ3) is 6.98. The van der Waals surface area contributed by atoms with E-state index < -0.39 is 15.8 Å². The molecule has 0 radical (unpaired) electrons. The second kappa shape index (κ2) is 12.2. The number of sulfone groups is 1. The minimum Gasteiger partial charge on any atom is -0.462 e. The molecule has 10 heteroatoms. The molecule has 2 heterocycles. The van der Waals surface area contributed by atoms with E-state index in [1.807, 2.05) is 18.2 Å². The first-order chi connectivity index (χ1) is 17.8. The number of amides is 1. The molecule has 1 amide bonds. The Kier molecular flexibility index (Phi) is 9.02. The number of nitrogens with one attached hydrogen (secondary N) is 1. The molecule has 0 saturated carbocycles. The van der Waals surface area contributed by atoms with Gasteiger partial charge in [0.2, 0.25) is 5.91 Å². The van der Waals surface area contributed by atoms with Gasteiger partial charge in [-0.05, 0) is 55.2 Å². The Morgan fingerprint density at radius 3 is 2.54 bits per heavy atom. The Bertz CT molecular complexity index is 1360. The lowest BCUT2D eigenvalue weighted by molar-refractivity contribution is -0.116. The summed E-state index contributed by atoms with van der Waals surface area (Å²) in [6.07, 6.45) is 0.848. The number of hydrogen-bond acceptors (Lipinski definition) is 7. The molecule has 0 atom stereocenters. The summed E-state index contributed by atoms with van der Waals surface area (Å²) in [5, 5.41) is 3.78. The van der Waals surface area contributed by atoms with Crippen molar-refractivity contribution in [2.24, 2.45) is 0 Å². The SMILES string of the molecule is CCOC(=O)c1c(NC(=O)CCCS(=O)(=O)c2ccc(Cl)cc2)sc2c1CCN(Cc1ccccc1)C2. The molecule has 0 fully saturated rings. The van der Waals surface area contributed by atoms with Gasteiger partial charge < -0.3 is 10.1 Å². The van der Waals surface area contributed by atoms with Gasteiger partial charge in [0.1, 0.15) is 5.00 Å². The minimum absolute atomic E-state index is 0.0117. The number of halogens is 1. The molecule has 2 aromatic carbocycles. The Morgan fingerprint density at radius 1 is 1.11 bits per heavy atom. The predicted molar refractivity (Wildman–Crippen MR) is 146 cm³/mol. The summed E-state index contributed by atoms with van der Waals surface area (Å²) in [5.74, 6) is -0.948. The van der Waals surface area contributed by atoms with Crippen LogP contribution in [0.5, 0.6) is 0 Å². The first-order valence-corrected chi connectivity index (χ1v) is 15.0. The molecule has 3 aromatic rings. The number of hydrogen-bond donors (Lipinski definition) is 1. The van der Waals surface area contributed by atoms with E-state index >= 15 is 0 Å². The zero-order valence-corrected chi connectivity index (χ0v) is 22.9. The molecular weight excluding hydrogens is 532 g/mol. The molecule has 1 aromatic heterocycles. The maximum atomic E-state index is 12.8. The average Bonchev–Trinajstić information content (AvgIpc) is 3.22. The smallest absolute Gasteiger partial charge is 0.341 e. The van der Waals surface area contributed by atoms with Crippen molar-refractivity contribution in [1.29, 1.82) is 0 Å². The molecule has 0 spiro atoms. The molecule has 4 rings (SSSR count). The lowest BCUT2D eigenvalue weighted by atomic mass is 10.0. The summed E-state index contributed by atoms with van der Waals surface area (Å²) in [6.45, 7) is 4.26. The van der Waals surface area contributed by atoms with E-state index in [-0.39, 0.29) is 36.0 Å². The summed E-state index contributed by atoms with van der Waals surface area (Å²) < 4.78 is 30.4. The van der Waals surface area contributed by atoms with Crippen LogP contribution < -0.4 is 5.32 Å². The van der Waals surface area contributed by atoms with Crippen LogP contribution >= 0.6 is 22.9 Å². The van der Waals surface area contributed by atoms with E-state index in [0.717, 1.165) is 23.5 Å². The summed E-state index contributed by atoms with van der Waals surface area (Å²) in [4.78, 5) is 29.1.